The van der Waals surface area contributed by atoms with E-state index in [1.807, 2.05) is 0 Å². The molecule has 2 bridgehead atoms. The molecule has 0 aromatic rings. The lowest BCUT2D eigenvalue weighted by molar-refractivity contribution is -0.177. The lowest BCUT2D eigenvalue weighted by Crippen LogP contribution is -2.54. The Morgan fingerprint density at radius 2 is 1.77 bits per heavy atom. The van der Waals surface area contributed by atoms with Gasteiger partial charge in [0.1, 0.15) is 0 Å². The average molecular weight is 362 g/mol. The Morgan fingerprint density at radius 1 is 1.08 bits per heavy atom. The van der Waals surface area contributed by atoms with E-state index >= 15 is 0 Å². The highest BCUT2D eigenvalue weighted by Crippen LogP contribution is 2.77. The maximum atomic E-state index is 12.6. The van der Waals surface area contributed by atoms with Crippen molar-refractivity contribution in [1.29, 1.82) is 0 Å². The van der Waals surface area contributed by atoms with Crippen molar-refractivity contribution in [3.05, 3.63) is 12.2 Å². The van der Waals surface area contributed by atoms with Gasteiger partial charge in [0, 0.05) is 5.92 Å². The summed E-state index contributed by atoms with van der Waals surface area (Å²) >= 11 is 0. The molecule has 0 saturated heterocycles. The summed E-state index contributed by atoms with van der Waals surface area (Å²) in [7, 11) is 0. The smallest absolute Gasteiger partial charge is 0.310 e. The van der Waals surface area contributed by atoms with E-state index in [0.29, 0.717) is 38.5 Å². The molecule has 1 spiro atoms. The van der Waals surface area contributed by atoms with Crippen molar-refractivity contribution in [2.24, 2.45) is 39.9 Å². The topological polar surface area (TPSA) is 112 Å². The first-order valence-electron chi connectivity index (χ1n) is 9.48. The SMILES string of the molecule is C=C1CC23CC1CC[C@H]2[C@]1(C(=O)O)CCC[C@@](C)(C(=O)O)C1[C@@H]3C(=O)O. The predicted molar refractivity (Wildman–Crippen MR) is 91.3 cm³/mol. The quantitative estimate of drug-likeness (QED) is 0.665. The zero-order valence-electron chi connectivity index (χ0n) is 15.0. The number of allylic oxidation sites excluding steroid dienone is 1. The molecule has 0 radical (unpaired) electrons. The molecule has 4 saturated carbocycles. The standard InChI is InChI=1S/C20H26O6/c1-10-8-19-9-11(10)4-5-12(19)20(17(25)26)7-3-6-18(2,16(23)24)14(20)13(19)15(21)22/h11-14H,1,3-9H2,2H3,(H,21,22)(H,23,24)(H,25,26)/t11?,12-,13-,14?,18-,19?,20-/m1/s1. The normalized spacial score (nSPS) is 49.3. The molecule has 3 unspecified atom stereocenters. The van der Waals surface area contributed by atoms with Crippen molar-refractivity contribution < 1.29 is 29.7 Å². The minimum atomic E-state index is -1.33. The fourth-order valence-corrected chi connectivity index (χ4v) is 7.73. The summed E-state index contributed by atoms with van der Waals surface area (Å²) in [6, 6.07) is 0. The van der Waals surface area contributed by atoms with E-state index < -0.39 is 46.0 Å². The van der Waals surface area contributed by atoms with Crippen LogP contribution in [0.1, 0.15) is 51.9 Å². The molecule has 0 aliphatic heterocycles. The van der Waals surface area contributed by atoms with Gasteiger partial charge in [-0.25, -0.2) is 0 Å². The van der Waals surface area contributed by atoms with Crippen molar-refractivity contribution in [2.45, 2.75) is 51.9 Å². The third-order valence-electron chi connectivity index (χ3n) is 8.51. The van der Waals surface area contributed by atoms with Crippen LogP contribution in [0.15, 0.2) is 12.2 Å². The van der Waals surface area contributed by atoms with Crippen LogP contribution >= 0.6 is 0 Å². The minimum absolute atomic E-state index is 0.246. The second-order valence-corrected chi connectivity index (χ2v) is 9.31. The largest absolute Gasteiger partial charge is 0.481 e. The summed E-state index contributed by atoms with van der Waals surface area (Å²) in [5, 5.41) is 30.5. The first-order chi connectivity index (χ1) is 12.1. The third-order valence-corrected chi connectivity index (χ3v) is 8.51. The lowest BCUT2D eigenvalue weighted by Gasteiger charge is -2.49. The number of aliphatic carboxylic acids is 3. The van der Waals surface area contributed by atoms with Gasteiger partial charge in [-0.1, -0.05) is 18.6 Å². The number of fused-ring (bicyclic) bond motifs is 3. The first kappa shape index (κ1) is 17.6. The highest BCUT2D eigenvalue weighted by atomic mass is 16.4. The highest BCUT2D eigenvalue weighted by molar-refractivity contribution is 5.85. The van der Waals surface area contributed by atoms with Crippen molar-refractivity contribution in [1.82, 2.24) is 0 Å². The molecule has 4 fully saturated rings. The Morgan fingerprint density at radius 3 is 2.35 bits per heavy atom. The van der Waals surface area contributed by atoms with Crippen LogP contribution in [0.25, 0.3) is 0 Å². The van der Waals surface area contributed by atoms with E-state index in [1.54, 1.807) is 6.92 Å². The summed E-state index contributed by atoms with van der Waals surface area (Å²) < 4.78 is 0. The summed E-state index contributed by atoms with van der Waals surface area (Å²) in [6.45, 7) is 5.72. The van der Waals surface area contributed by atoms with Crippen molar-refractivity contribution in [2.75, 3.05) is 0 Å². The van der Waals surface area contributed by atoms with Crippen LogP contribution < -0.4 is 0 Å². The molecule has 6 nitrogen and oxygen atoms in total. The Labute approximate surface area is 152 Å². The summed E-state index contributed by atoms with van der Waals surface area (Å²) in [4.78, 5) is 37.3. The van der Waals surface area contributed by atoms with Gasteiger partial charge in [-0.2, -0.15) is 0 Å². The van der Waals surface area contributed by atoms with Crippen LogP contribution in [-0.2, 0) is 14.4 Å². The minimum Gasteiger partial charge on any atom is -0.481 e. The van der Waals surface area contributed by atoms with Gasteiger partial charge in [0.25, 0.3) is 0 Å². The van der Waals surface area contributed by atoms with Gasteiger partial charge in [0.2, 0.25) is 0 Å². The molecule has 4 aliphatic carbocycles. The number of hydrogen-bond donors (Lipinski definition) is 3. The third kappa shape index (κ3) is 1.75. The molecule has 0 aromatic carbocycles. The van der Waals surface area contributed by atoms with Crippen LogP contribution in [0.4, 0.5) is 0 Å². The maximum absolute atomic E-state index is 12.6. The van der Waals surface area contributed by atoms with Crippen molar-refractivity contribution >= 4 is 17.9 Å². The van der Waals surface area contributed by atoms with Gasteiger partial charge < -0.3 is 15.3 Å². The summed E-state index contributed by atoms with van der Waals surface area (Å²) in [6.07, 6.45) is 3.89. The van der Waals surface area contributed by atoms with E-state index in [9.17, 15) is 29.7 Å². The van der Waals surface area contributed by atoms with E-state index in [0.717, 1.165) is 12.0 Å². The molecule has 4 rings (SSSR count). The van der Waals surface area contributed by atoms with Crippen LogP contribution in [0.5, 0.6) is 0 Å². The predicted octanol–water partition coefficient (Wildman–Crippen LogP) is 3.03. The zero-order chi connectivity index (χ0) is 19.1. The van der Waals surface area contributed by atoms with E-state index in [4.69, 9.17) is 0 Å². The number of rotatable bonds is 3. The second kappa shape index (κ2) is 5.11. The average Bonchev–Trinajstić information content (AvgIpc) is 2.96. The molecule has 0 aromatic heterocycles. The van der Waals surface area contributed by atoms with Crippen LogP contribution in [0.3, 0.4) is 0 Å². The fourth-order valence-electron chi connectivity index (χ4n) is 7.73. The molecule has 6 heteroatoms. The van der Waals surface area contributed by atoms with Gasteiger partial charge in [-0.3, -0.25) is 14.4 Å². The number of hydrogen-bond acceptors (Lipinski definition) is 3. The van der Waals surface area contributed by atoms with Gasteiger partial charge in [0.15, 0.2) is 0 Å². The molecular weight excluding hydrogens is 336 g/mol. The summed E-state index contributed by atoms with van der Waals surface area (Å²) in [5.41, 5.74) is -2.22. The number of carboxylic acid groups (broad SMARTS) is 3. The van der Waals surface area contributed by atoms with E-state index in [1.165, 1.54) is 0 Å². The monoisotopic (exact) mass is 362 g/mol. The van der Waals surface area contributed by atoms with Crippen LogP contribution in [-0.4, -0.2) is 33.2 Å². The van der Waals surface area contributed by atoms with Crippen molar-refractivity contribution in [3.63, 3.8) is 0 Å². The molecule has 0 heterocycles. The van der Waals surface area contributed by atoms with E-state index in [-0.39, 0.29) is 11.8 Å². The molecule has 26 heavy (non-hydrogen) atoms. The fraction of sp³-hybridized carbons (Fsp3) is 0.750. The van der Waals surface area contributed by atoms with E-state index in [2.05, 4.69) is 6.58 Å². The van der Waals surface area contributed by atoms with Gasteiger partial charge in [-0.05, 0) is 62.7 Å². The van der Waals surface area contributed by atoms with Gasteiger partial charge >= 0.3 is 17.9 Å². The lowest BCUT2D eigenvalue weighted by atomic mass is 9.52. The number of carbonyl (C=O) groups is 3. The highest BCUT2D eigenvalue weighted by Gasteiger charge is 2.78. The Kier molecular flexibility index (Phi) is 3.45. The Hall–Kier alpha value is -1.85. The van der Waals surface area contributed by atoms with Crippen molar-refractivity contribution in [3.8, 4) is 0 Å². The summed E-state index contributed by atoms with van der Waals surface area (Å²) in [5.74, 6) is -4.96. The van der Waals surface area contributed by atoms with Crippen LogP contribution in [0.2, 0.25) is 0 Å². The molecule has 0 amide bonds. The molecular formula is C20H26O6. The van der Waals surface area contributed by atoms with Gasteiger partial charge in [-0.15, -0.1) is 0 Å². The molecule has 7 atom stereocenters. The Bertz CT molecular complexity index is 728. The Balaban J connectivity index is 2.00. The second-order valence-electron chi connectivity index (χ2n) is 9.31. The van der Waals surface area contributed by atoms with Gasteiger partial charge in [0.05, 0.1) is 16.7 Å². The molecule has 4 aliphatic rings. The van der Waals surface area contributed by atoms with Crippen LogP contribution in [0, 0.1) is 39.9 Å². The molecule has 142 valence electrons. The maximum Gasteiger partial charge on any atom is 0.310 e. The number of carboxylic acids is 3. The molecule has 3 N–H and O–H groups in total. The first-order valence-corrected chi connectivity index (χ1v) is 9.48. The zero-order valence-corrected chi connectivity index (χ0v) is 15.0.